The van der Waals surface area contributed by atoms with Crippen molar-refractivity contribution in [3.05, 3.63) is 29.8 Å². The van der Waals surface area contributed by atoms with E-state index in [1.165, 1.54) is 0 Å². The molecule has 1 amide bonds. The summed E-state index contributed by atoms with van der Waals surface area (Å²) in [4.78, 5) is 19.0. The number of benzene rings is 1. The lowest BCUT2D eigenvalue weighted by molar-refractivity contribution is -0.253. The Balaban J connectivity index is 2.51. The number of hydrogen-bond donors (Lipinski definition) is 2. The van der Waals surface area contributed by atoms with E-state index < -0.39 is 0 Å². The second kappa shape index (κ2) is 6.71. The molecule has 0 bridgehead atoms. The first-order valence-corrected chi connectivity index (χ1v) is 4.82. The Kier molecular flexibility index (Phi) is 5.18. The predicted octanol–water partition coefficient (Wildman–Crippen LogP) is 1.71. The molecule has 0 aliphatic rings. The topological polar surface area (TPSA) is 70.9 Å². The summed E-state index contributed by atoms with van der Waals surface area (Å²) < 4.78 is 0. The number of carbonyl (C=O) groups is 1. The average Bonchev–Trinajstić information content (AvgIpc) is 2.29. The Labute approximate surface area is 93.7 Å². The van der Waals surface area contributed by atoms with Crippen molar-refractivity contribution in [1.29, 1.82) is 0 Å². The summed E-state index contributed by atoms with van der Waals surface area (Å²) in [6.07, 6.45) is 1.81. The number of nitrogens with one attached hydrogen (secondary N) is 1. The SMILES string of the molecule is CN=CCC(=O)Nc1ccc(COO)cc1. The number of amides is 1. The third-order valence-corrected chi connectivity index (χ3v) is 1.93. The van der Waals surface area contributed by atoms with Crippen molar-refractivity contribution in [3.63, 3.8) is 0 Å². The van der Waals surface area contributed by atoms with Crippen LogP contribution in [0.1, 0.15) is 12.0 Å². The van der Waals surface area contributed by atoms with E-state index >= 15 is 0 Å². The van der Waals surface area contributed by atoms with Crippen molar-refractivity contribution in [2.75, 3.05) is 12.4 Å². The molecule has 5 heteroatoms. The first-order chi connectivity index (χ1) is 7.76. The molecule has 0 aromatic heterocycles. The standard InChI is InChI=1S/C11H14N2O3/c1-12-7-6-11(14)13-10-4-2-9(3-5-10)8-16-15/h2-5,7,15H,6,8H2,1H3,(H,13,14). The Hall–Kier alpha value is -1.72. The van der Waals surface area contributed by atoms with Gasteiger partial charge in [-0.1, -0.05) is 12.1 Å². The number of hydrogen-bond acceptors (Lipinski definition) is 4. The number of carbonyl (C=O) groups excluding carboxylic acids is 1. The molecular formula is C11H14N2O3. The minimum Gasteiger partial charge on any atom is -0.326 e. The van der Waals surface area contributed by atoms with Crippen LogP contribution >= 0.6 is 0 Å². The minimum atomic E-state index is -0.114. The van der Waals surface area contributed by atoms with Gasteiger partial charge in [-0.3, -0.25) is 10.1 Å². The van der Waals surface area contributed by atoms with Gasteiger partial charge in [-0.25, -0.2) is 4.89 Å². The number of aliphatic imine (C=N–C) groups is 1. The number of nitrogens with zero attached hydrogens (tertiary/aromatic N) is 1. The summed E-state index contributed by atoms with van der Waals surface area (Å²) in [7, 11) is 1.62. The Morgan fingerprint density at radius 3 is 2.75 bits per heavy atom. The molecule has 0 aliphatic carbocycles. The van der Waals surface area contributed by atoms with Gasteiger partial charge >= 0.3 is 0 Å². The summed E-state index contributed by atoms with van der Waals surface area (Å²) in [5.74, 6) is -0.114. The highest BCUT2D eigenvalue weighted by molar-refractivity contribution is 5.98. The van der Waals surface area contributed by atoms with Gasteiger partial charge in [0.15, 0.2) is 0 Å². The molecule has 0 radical (unpaired) electrons. The monoisotopic (exact) mass is 222 g/mol. The Morgan fingerprint density at radius 1 is 1.50 bits per heavy atom. The second-order valence-corrected chi connectivity index (χ2v) is 3.16. The molecule has 0 atom stereocenters. The average molecular weight is 222 g/mol. The lowest BCUT2D eigenvalue weighted by Crippen LogP contribution is -2.11. The minimum absolute atomic E-state index is 0.114. The molecule has 0 heterocycles. The molecule has 0 spiro atoms. The maximum Gasteiger partial charge on any atom is 0.229 e. The van der Waals surface area contributed by atoms with Crippen LogP contribution in [0.25, 0.3) is 0 Å². The zero-order valence-corrected chi connectivity index (χ0v) is 9.01. The first-order valence-electron chi connectivity index (χ1n) is 4.82. The van der Waals surface area contributed by atoms with E-state index in [1.54, 1.807) is 37.5 Å². The van der Waals surface area contributed by atoms with Gasteiger partial charge in [0.05, 0.1) is 6.42 Å². The Bertz CT molecular complexity index is 360. The largest absolute Gasteiger partial charge is 0.326 e. The van der Waals surface area contributed by atoms with E-state index in [0.29, 0.717) is 5.69 Å². The zero-order chi connectivity index (χ0) is 11.8. The molecule has 5 nitrogen and oxygen atoms in total. The second-order valence-electron chi connectivity index (χ2n) is 3.16. The molecule has 1 rings (SSSR count). The van der Waals surface area contributed by atoms with Crippen LogP contribution in [0.15, 0.2) is 29.3 Å². The van der Waals surface area contributed by atoms with Crippen LogP contribution in [0.5, 0.6) is 0 Å². The fourth-order valence-electron chi connectivity index (χ4n) is 1.15. The van der Waals surface area contributed by atoms with Crippen LogP contribution in [-0.4, -0.2) is 24.4 Å². The third kappa shape index (κ3) is 4.20. The summed E-state index contributed by atoms with van der Waals surface area (Å²) in [6, 6.07) is 7.02. The first kappa shape index (κ1) is 12.4. The van der Waals surface area contributed by atoms with Gasteiger partial charge in [-0.05, 0) is 17.7 Å². The van der Waals surface area contributed by atoms with E-state index in [1.807, 2.05) is 0 Å². The molecule has 0 aliphatic heterocycles. The van der Waals surface area contributed by atoms with E-state index in [9.17, 15) is 4.79 Å². The van der Waals surface area contributed by atoms with Crippen molar-refractivity contribution in [3.8, 4) is 0 Å². The van der Waals surface area contributed by atoms with Crippen LogP contribution in [0, 0.1) is 0 Å². The molecule has 0 fully saturated rings. The molecular weight excluding hydrogens is 208 g/mol. The number of anilines is 1. The van der Waals surface area contributed by atoms with Crippen LogP contribution < -0.4 is 5.32 Å². The highest BCUT2D eigenvalue weighted by Gasteiger charge is 2.00. The zero-order valence-electron chi connectivity index (χ0n) is 9.01. The van der Waals surface area contributed by atoms with E-state index in [4.69, 9.17) is 5.26 Å². The lowest BCUT2D eigenvalue weighted by atomic mass is 10.2. The van der Waals surface area contributed by atoms with Crippen molar-refractivity contribution in [2.24, 2.45) is 4.99 Å². The highest BCUT2D eigenvalue weighted by atomic mass is 17.1. The summed E-state index contributed by atoms with van der Waals surface area (Å²) in [5.41, 5.74) is 1.53. The van der Waals surface area contributed by atoms with E-state index in [2.05, 4.69) is 15.2 Å². The van der Waals surface area contributed by atoms with E-state index in [0.717, 1.165) is 5.56 Å². The quantitative estimate of drug-likeness (QED) is 0.452. The summed E-state index contributed by atoms with van der Waals surface area (Å²) in [6.45, 7) is 0.136. The van der Waals surface area contributed by atoms with Gasteiger partial charge in [0, 0.05) is 18.9 Å². The Morgan fingerprint density at radius 2 is 2.19 bits per heavy atom. The molecule has 16 heavy (non-hydrogen) atoms. The van der Waals surface area contributed by atoms with Crippen molar-refractivity contribution < 1.29 is 14.9 Å². The molecule has 2 N–H and O–H groups in total. The molecule has 0 saturated heterocycles. The van der Waals surface area contributed by atoms with Gasteiger partial charge < -0.3 is 10.3 Å². The summed E-state index contributed by atoms with van der Waals surface area (Å²) >= 11 is 0. The van der Waals surface area contributed by atoms with Gasteiger partial charge in [0.1, 0.15) is 6.61 Å². The fraction of sp³-hybridized carbons (Fsp3) is 0.273. The van der Waals surface area contributed by atoms with Crippen molar-refractivity contribution in [2.45, 2.75) is 13.0 Å². The van der Waals surface area contributed by atoms with Gasteiger partial charge in [-0.2, -0.15) is 0 Å². The maximum absolute atomic E-state index is 11.3. The highest BCUT2D eigenvalue weighted by Crippen LogP contribution is 2.10. The lowest BCUT2D eigenvalue weighted by Gasteiger charge is -2.04. The van der Waals surface area contributed by atoms with Crippen molar-refractivity contribution >= 4 is 17.8 Å². The van der Waals surface area contributed by atoms with Gasteiger partial charge in [0.2, 0.25) is 5.91 Å². The smallest absolute Gasteiger partial charge is 0.229 e. The molecule has 0 saturated carbocycles. The normalized spacial score (nSPS) is 10.6. The predicted molar refractivity (Wildman–Crippen MR) is 61.5 cm³/mol. The van der Waals surface area contributed by atoms with E-state index in [-0.39, 0.29) is 18.9 Å². The van der Waals surface area contributed by atoms with Crippen molar-refractivity contribution in [1.82, 2.24) is 0 Å². The summed E-state index contributed by atoms with van der Waals surface area (Å²) in [5, 5.41) is 11.0. The molecule has 0 unspecified atom stereocenters. The van der Waals surface area contributed by atoms with Crippen LogP contribution in [-0.2, 0) is 16.3 Å². The van der Waals surface area contributed by atoms with Crippen LogP contribution in [0.4, 0.5) is 5.69 Å². The molecule has 1 aromatic carbocycles. The van der Waals surface area contributed by atoms with Crippen LogP contribution in [0.2, 0.25) is 0 Å². The van der Waals surface area contributed by atoms with Gasteiger partial charge in [0.25, 0.3) is 0 Å². The van der Waals surface area contributed by atoms with Gasteiger partial charge in [-0.15, -0.1) is 0 Å². The maximum atomic E-state index is 11.3. The fourth-order valence-corrected chi connectivity index (χ4v) is 1.15. The molecule has 1 aromatic rings. The number of rotatable bonds is 5. The third-order valence-electron chi connectivity index (χ3n) is 1.93. The molecule has 86 valence electrons. The van der Waals surface area contributed by atoms with Crippen LogP contribution in [0.3, 0.4) is 0 Å².